The van der Waals surface area contributed by atoms with Gasteiger partial charge >= 0.3 is 0 Å². The van der Waals surface area contributed by atoms with Gasteiger partial charge in [0.05, 0.1) is 23.5 Å². The molecular formula is C20H26N2O3S. The molecule has 0 heterocycles. The van der Waals surface area contributed by atoms with E-state index in [2.05, 4.69) is 11.4 Å². The van der Waals surface area contributed by atoms with Crippen LogP contribution in [-0.2, 0) is 10.0 Å². The fourth-order valence-corrected chi connectivity index (χ4v) is 3.49. The summed E-state index contributed by atoms with van der Waals surface area (Å²) in [7, 11) is -2.01. The van der Waals surface area contributed by atoms with Crippen molar-refractivity contribution in [1.29, 1.82) is 0 Å². The van der Waals surface area contributed by atoms with Crippen LogP contribution >= 0.6 is 0 Å². The van der Waals surface area contributed by atoms with Crippen molar-refractivity contribution >= 4 is 21.6 Å². The second-order valence-electron chi connectivity index (χ2n) is 6.54. The molecule has 0 aliphatic heterocycles. The predicted molar refractivity (Wildman–Crippen MR) is 106 cm³/mol. The van der Waals surface area contributed by atoms with Gasteiger partial charge in [-0.2, -0.15) is 0 Å². The van der Waals surface area contributed by atoms with Crippen molar-refractivity contribution in [3.05, 3.63) is 64.7 Å². The van der Waals surface area contributed by atoms with E-state index in [9.17, 15) is 13.2 Å². The van der Waals surface area contributed by atoms with Crippen molar-refractivity contribution in [2.45, 2.75) is 33.2 Å². The molecule has 2 aromatic carbocycles. The zero-order chi connectivity index (χ0) is 19.5. The smallest absolute Gasteiger partial charge is 0.253 e. The van der Waals surface area contributed by atoms with Gasteiger partial charge in [0.2, 0.25) is 10.0 Å². The second kappa shape index (κ2) is 7.91. The molecule has 1 atom stereocenters. The minimum absolute atomic E-state index is 0.139. The third kappa shape index (κ3) is 4.43. The van der Waals surface area contributed by atoms with Crippen molar-refractivity contribution in [2.75, 3.05) is 17.6 Å². The van der Waals surface area contributed by atoms with Gasteiger partial charge in [-0.3, -0.25) is 9.10 Å². The number of nitrogens with one attached hydrogen (secondary N) is 1. The Labute approximate surface area is 156 Å². The number of amides is 1. The first kappa shape index (κ1) is 20.0. The molecular weight excluding hydrogens is 348 g/mol. The number of carbonyl (C=O) groups is 1. The Hall–Kier alpha value is -2.34. The van der Waals surface area contributed by atoms with Gasteiger partial charge in [-0.25, -0.2) is 8.42 Å². The molecule has 5 nitrogen and oxygen atoms in total. The van der Waals surface area contributed by atoms with E-state index in [1.54, 1.807) is 24.3 Å². The van der Waals surface area contributed by atoms with E-state index in [0.717, 1.165) is 28.1 Å². The molecule has 0 spiro atoms. The summed E-state index contributed by atoms with van der Waals surface area (Å²) in [5.74, 6) is -0.289. The van der Waals surface area contributed by atoms with Crippen molar-refractivity contribution < 1.29 is 13.2 Å². The van der Waals surface area contributed by atoms with E-state index >= 15 is 0 Å². The topological polar surface area (TPSA) is 66.5 Å². The Morgan fingerprint density at radius 3 is 2.38 bits per heavy atom. The van der Waals surface area contributed by atoms with Crippen molar-refractivity contribution in [1.82, 2.24) is 5.32 Å². The number of hydrogen-bond acceptors (Lipinski definition) is 3. The molecule has 0 bridgehead atoms. The molecule has 0 aliphatic carbocycles. The predicted octanol–water partition coefficient (Wildman–Crippen LogP) is 3.58. The molecule has 0 aliphatic rings. The van der Waals surface area contributed by atoms with Crippen LogP contribution in [0.25, 0.3) is 0 Å². The average Bonchev–Trinajstić information content (AvgIpc) is 2.58. The number of carbonyl (C=O) groups excluding carboxylic acids is 1. The highest BCUT2D eigenvalue weighted by Crippen LogP contribution is 2.25. The summed E-state index contributed by atoms with van der Waals surface area (Å²) < 4.78 is 24.9. The fourth-order valence-electron chi connectivity index (χ4n) is 2.97. The second-order valence-corrected chi connectivity index (χ2v) is 8.56. The molecule has 2 aromatic rings. The van der Waals surface area contributed by atoms with Crippen molar-refractivity contribution in [3.8, 4) is 0 Å². The number of nitrogens with zero attached hydrogens (tertiary/aromatic N) is 1. The quantitative estimate of drug-likeness (QED) is 0.840. The molecule has 1 N–H and O–H groups in total. The molecule has 0 fully saturated rings. The molecule has 0 aromatic heterocycles. The maximum atomic E-state index is 12.9. The average molecular weight is 375 g/mol. The number of aryl methyl sites for hydroxylation is 2. The lowest BCUT2D eigenvalue weighted by molar-refractivity contribution is 0.0936. The van der Waals surface area contributed by atoms with Gasteiger partial charge < -0.3 is 5.32 Å². The Morgan fingerprint density at radius 2 is 1.81 bits per heavy atom. The monoisotopic (exact) mass is 374 g/mol. The summed E-state index contributed by atoms with van der Waals surface area (Å²) in [6, 6.07) is 12.7. The molecule has 0 saturated carbocycles. The van der Waals surface area contributed by atoms with Gasteiger partial charge in [-0.05, 0) is 43.5 Å². The Morgan fingerprint density at radius 1 is 1.15 bits per heavy atom. The van der Waals surface area contributed by atoms with Gasteiger partial charge in [0.1, 0.15) is 0 Å². The van der Waals surface area contributed by atoms with E-state index in [0.29, 0.717) is 11.3 Å². The fraction of sp³-hybridized carbons (Fsp3) is 0.350. The van der Waals surface area contributed by atoms with E-state index < -0.39 is 10.0 Å². The summed E-state index contributed by atoms with van der Waals surface area (Å²) in [6.07, 6.45) is 1.85. The van der Waals surface area contributed by atoms with Gasteiger partial charge in [0.25, 0.3) is 5.91 Å². The number of anilines is 1. The number of sulfonamides is 1. The number of para-hydroxylation sites is 1. The van der Waals surface area contributed by atoms with E-state index in [4.69, 9.17) is 0 Å². The molecule has 1 amide bonds. The third-order valence-corrected chi connectivity index (χ3v) is 5.69. The van der Waals surface area contributed by atoms with Crippen LogP contribution in [0.2, 0.25) is 0 Å². The summed E-state index contributed by atoms with van der Waals surface area (Å²) in [5, 5.41) is 3.05. The summed E-state index contributed by atoms with van der Waals surface area (Å²) in [5.41, 5.74) is 4.07. The maximum absolute atomic E-state index is 12.9. The van der Waals surface area contributed by atoms with Crippen LogP contribution in [0.3, 0.4) is 0 Å². The summed E-state index contributed by atoms with van der Waals surface area (Å²) in [4.78, 5) is 12.9. The number of hydrogen-bond donors (Lipinski definition) is 1. The molecule has 6 heteroatoms. The van der Waals surface area contributed by atoms with Gasteiger partial charge in [-0.1, -0.05) is 42.8 Å². The highest BCUT2D eigenvalue weighted by atomic mass is 32.2. The van der Waals surface area contributed by atoms with E-state index in [-0.39, 0.29) is 11.9 Å². The number of rotatable bonds is 6. The lowest BCUT2D eigenvalue weighted by atomic mass is 9.97. The highest BCUT2D eigenvalue weighted by Gasteiger charge is 2.22. The molecule has 26 heavy (non-hydrogen) atoms. The highest BCUT2D eigenvalue weighted by molar-refractivity contribution is 7.92. The zero-order valence-corrected chi connectivity index (χ0v) is 16.7. The summed E-state index contributed by atoms with van der Waals surface area (Å²) in [6.45, 7) is 6.08. The van der Waals surface area contributed by atoms with Gasteiger partial charge in [-0.15, -0.1) is 0 Å². The van der Waals surface area contributed by atoms with Crippen LogP contribution in [0.15, 0.2) is 42.5 Å². The van der Waals surface area contributed by atoms with Crippen molar-refractivity contribution in [2.24, 2.45) is 0 Å². The Kier molecular flexibility index (Phi) is 6.08. The Balaban J connectivity index is 2.35. The van der Waals surface area contributed by atoms with Crippen LogP contribution in [0.1, 0.15) is 46.4 Å². The Bertz CT molecular complexity index is 907. The molecule has 0 saturated heterocycles. The third-order valence-electron chi connectivity index (χ3n) is 4.50. The van der Waals surface area contributed by atoms with E-state index in [1.165, 1.54) is 12.6 Å². The standard InChI is InChI=1S/C20H26N2O3S/c1-6-18(16-12-11-14(2)13-15(16)3)21-20(23)17-9-7-8-10-19(17)22(4)26(5,24)25/h7-13,18H,6H2,1-5H3,(H,21,23). The lowest BCUT2D eigenvalue weighted by Gasteiger charge is -2.23. The van der Waals surface area contributed by atoms with E-state index in [1.807, 2.05) is 32.9 Å². The maximum Gasteiger partial charge on any atom is 0.253 e. The molecule has 140 valence electrons. The minimum atomic E-state index is -3.46. The van der Waals surface area contributed by atoms with Gasteiger partial charge in [0.15, 0.2) is 0 Å². The first-order valence-electron chi connectivity index (χ1n) is 8.56. The van der Waals surface area contributed by atoms with Crippen LogP contribution in [0.4, 0.5) is 5.69 Å². The zero-order valence-electron chi connectivity index (χ0n) is 15.9. The first-order valence-corrected chi connectivity index (χ1v) is 10.4. The SMILES string of the molecule is CCC(NC(=O)c1ccccc1N(C)S(C)(=O)=O)c1ccc(C)cc1C. The van der Waals surface area contributed by atoms with Crippen molar-refractivity contribution in [3.63, 3.8) is 0 Å². The normalized spacial score (nSPS) is 12.5. The molecule has 1 unspecified atom stereocenters. The van der Waals surface area contributed by atoms with Gasteiger partial charge in [0, 0.05) is 7.05 Å². The van der Waals surface area contributed by atoms with Crippen LogP contribution < -0.4 is 9.62 Å². The first-order chi connectivity index (χ1) is 12.1. The lowest BCUT2D eigenvalue weighted by Crippen LogP contribution is -2.32. The minimum Gasteiger partial charge on any atom is -0.345 e. The van der Waals surface area contributed by atoms with Crippen LogP contribution in [0.5, 0.6) is 0 Å². The largest absolute Gasteiger partial charge is 0.345 e. The number of benzene rings is 2. The summed E-state index contributed by atoms with van der Waals surface area (Å²) >= 11 is 0. The van der Waals surface area contributed by atoms with Crippen LogP contribution in [-0.4, -0.2) is 27.6 Å². The molecule has 0 radical (unpaired) electrons. The van der Waals surface area contributed by atoms with Crippen LogP contribution in [0, 0.1) is 13.8 Å². The molecule has 2 rings (SSSR count).